The first kappa shape index (κ1) is 14.3. The molecular weight excluding hydrogens is 264 g/mol. The molecule has 2 N–H and O–H groups in total. The van der Waals surface area contributed by atoms with Crippen LogP contribution in [0.15, 0.2) is 29.2 Å². The summed E-state index contributed by atoms with van der Waals surface area (Å²) in [5.74, 6) is 0. The number of rotatable bonds is 4. The Kier molecular flexibility index (Phi) is 4.44. The van der Waals surface area contributed by atoms with E-state index in [-0.39, 0.29) is 6.10 Å². The summed E-state index contributed by atoms with van der Waals surface area (Å²) in [6.45, 7) is 3.52. The van der Waals surface area contributed by atoms with Crippen molar-refractivity contribution in [3.63, 3.8) is 0 Å². The minimum atomic E-state index is -3.43. The fourth-order valence-corrected chi connectivity index (χ4v) is 3.79. The molecule has 1 aromatic rings. The number of nitrogens with zero attached hydrogens (tertiary/aromatic N) is 1. The molecule has 0 spiro atoms. The smallest absolute Gasteiger partial charge is 0.243 e. The van der Waals surface area contributed by atoms with Crippen molar-refractivity contribution in [2.24, 2.45) is 0 Å². The first-order valence-electron chi connectivity index (χ1n) is 6.51. The van der Waals surface area contributed by atoms with Crippen molar-refractivity contribution in [1.29, 1.82) is 0 Å². The molecule has 19 heavy (non-hydrogen) atoms. The lowest BCUT2D eigenvalue weighted by Gasteiger charge is -2.31. The van der Waals surface area contributed by atoms with Crippen molar-refractivity contribution < 1.29 is 13.2 Å². The molecule has 0 bridgehead atoms. The molecule has 1 saturated heterocycles. The van der Waals surface area contributed by atoms with E-state index in [1.807, 2.05) is 6.92 Å². The zero-order chi connectivity index (χ0) is 13.9. The van der Waals surface area contributed by atoms with E-state index in [0.29, 0.717) is 30.3 Å². The van der Waals surface area contributed by atoms with Crippen LogP contribution in [0.5, 0.6) is 0 Å². The SMILES string of the molecule is CCOC1CCCN(S(=O)(=O)c2ccc(N)cc2)C1. The van der Waals surface area contributed by atoms with Crippen LogP contribution in [0.3, 0.4) is 0 Å². The topological polar surface area (TPSA) is 72.6 Å². The van der Waals surface area contributed by atoms with Gasteiger partial charge in [0.05, 0.1) is 11.0 Å². The van der Waals surface area contributed by atoms with Crippen LogP contribution >= 0.6 is 0 Å². The molecule has 1 fully saturated rings. The summed E-state index contributed by atoms with van der Waals surface area (Å²) < 4.78 is 32.0. The van der Waals surface area contributed by atoms with Crippen molar-refractivity contribution in [2.75, 3.05) is 25.4 Å². The Bertz CT molecular complexity index is 511. The number of nitrogens with two attached hydrogens (primary N) is 1. The van der Waals surface area contributed by atoms with E-state index in [1.165, 1.54) is 4.31 Å². The average Bonchev–Trinajstić information content (AvgIpc) is 2.40. The van der Waals surface area contributed by atoms with Crippen LogP contribution in [0.2, 0.25) is 0 Å². The number of sulfonamides is 1. The Morgan fingerprint density at radius 2 is 2.05 bits per heavy atom. The molecule has 5 nitrogen and oxygen atoms in total. The first-order chi connectivity index (χ1) is 9.04. The summed E-state index contributed by atoms with van der Waals surface area (Å²) in [4.78, 5) is 0.291. The third-order valence-electron chi connectivity index (χ3n) is 3.26. The fourth-order valence-electron chi connectivity index (χ4n) is 2.28. The Balaban J connectivity index is 2.17. The van der Waals surface area contributed by atoms with Gasteiger partial charge in [-0.2, -0.15) is 4.31 Å². The number of ether oxygens (including phenoxy) is 1. The highest BCUT2D eigenvalue weighted by Crippen LogP contribution is 2.22. The lowest BCUT2D eigenvalue weighted by Crippen LogP contribution is -2.43. The van der Waals surface area contributed by atoms with Crippen LogP contribution < -0.4 is 5.73 Å². The van der Waals surface area contributed by atoms with E-state index in [4.69, 9.17) is 10.5 Å². The quantitative estimate of drug-likeness (QED) is 0.850. The molecule has 106 valence electrons. The lowest BCUT2D eigenvalue weighted by atomic mass is 10.1. The van der Waals surface area contributed by atoms with Gasteiger partial charge in [0.2, 0.25) is 10.0 Å². The molecule has 6 heteroatoms. The number of nitrogen functional groups attached to an aromatic ring is 1. The zero-order valence-corrected chi connectivity index (χ0v) is 11.9. The standard InChI is InChI=1S/C13H20N2O3S/c1-2-18-12-4-3-9-15(10-12)19(16,17)13-7-5-11(14)6-8-13/h5-8,12H,2-4,9-10,14H2,1H3. The van der Waals surface area contributed by atoms with Gasteiger partial charge in [-0.25, -0.2) is 8.42 Å². The maximum absolute atomic E-state index is 12.5. The van der Waals surface area contributed by atoms with Gasteiger partial charge in [0, 0.05) is 25.4 Å². The van der Waals surface area contributed by atoms with Gasteiger partial charge in [0.1, 0.15) is 0 Å². The number of piperidine rings is 1. The molecule has 0 saturated carbocycles. The summed E-state index contributed by atoms with van der Waals surface area (Å²) in [5.41, 5.74) is 6.14. The van der Waals surface area contributed by atoms with Crippen molar-refractivity contribution in [3.8, 4) is 0 Å². The molecule has 2 rings (SSSR count). The second-order valence-corrected chi connectivity index (χ2v) is 6.59. The molecule has 0 radical (unpaired) electrons. The van der Waals surface area contributed by atoms with Crippen molar-refractivity contribution >= 4 is 15.7 Å². The van der Waals surface area contributed by atoms with Gasteiger partial charge in [-0.3, -0.25) is 0 Å². The second kappa shape index (κ2) is 5.90. The maximum Gasteiger partial charge on any atom is 0.243 e. The van der Waals surface area contributed by atoms with E-state index >= 15 is 0 Å². The highest BCUT2D eigenvalue weighted by molar-refractivity contribution is 7.89. The highest BCUT2D eigenvalue weighted by atomic mass is 32.2. The van der Waals surface area contributed by atoms with Crippen LogP contribution in [0.25, 0.3) is 0 Å². The summed E-state index contributed by atoms with van der Waals surface area (Å²) in [5, 5.41) is 0. The van der Waals surface area contributed by atoms with E-state index in [1.54, 1.807) is 24.3 Å². The maximum atomic E-state index is 12.5. The van der Waals surface area contributed by atoms with Crippen molar-refractivity contribution in [1.82, 2.24) is 4.31 Å². The number of hydrogen-bond acceptors (Lipinski definition) is 4. The van der Waals surface area contributed by atoms with Crippen LogP contribution in [-0.4, -0.2) is 38.5 Å². The molecule has 1 heterocycles. The largest absolute Gasteiger partial charge is 0.399 e. The van der Waals surface area contributed by atoms with Crippen LogP contribution in [0.4, 0.5) is 5.69 Å². The zero-order valence-electron chi connectivity index (χ0n) is 11.1. The van der Waals surface area contributed by atoms with E-state index in [0.717, 1.165) is 12.8 Å². The molecule has 1 unspecified atom stereocenters. The normalized spacial score (nSPS) is 21.4. The van der Waals surface area contributed by atoms with Crippen LogP contribution in [-0.2, 0) is 14.8 Å². The van der Waals surface area contributed by atoms with Gasteiger partial charge in [-0.1, -0.05) is 0 Å². The fraction of sp³-hybridized carbons (Fsp3) is 0.538. The third kappa shape index (κ3) is 3.26. The van der Waals surface area contributed by atoms with Gasteiger partial charge in [0.25, 0.3) is 0 Å². The van der Waals surface area contributed by atoms with E-state index < -0.39 is 10.0 Å². The highest BCUT2D eigenvalue weighted by Gasteiger charge is 2.30. The van der Waals surface area contributed by atoms with Crippen molar-refractivity contribution in [3.05, 3.63) is 24.3 Å². The van der Waals surface area contributed by atoms with Gasteiger partial charge in [0.15, 0.2) is 0 Å². The van der Waals surface area contributed by atoms with Crippen LogP contribution in [0.1, 0.15) is 19.8 Å². The van der Waals surface area contributed by atoms with Gasteiger partial charge in [-0.15, -0.1) is 0 Å². The molecular formula is C13H20N2O3S. The van der Waals surface area contributed by atoms with Crippen molar-refractivity contribution in [2.45, 2.75) is 30.8 Å². The minimum Gasteiger partial charge on any atom is -0.399 e. The summed E-state index contributed by atoms with van der Waals surface area (Å²) in [6.07, 6.45) is 1.75. The Hall–Kier alpha value is -1.11. The first-order valence-corrected chi connectivity index (χ1v) is 7.95. The number of anilines is 1. The van der Waals surface area contributed by atoms with E-state index in [9.17, 15) is 8.42 Å². The summed E-state index contributed by atoms with van der Waals surface area (Å²) in [6, 6.07) is 6.32. The number of hydrogen-bond donors (Lipinski definition) is 1. The Morgan fingerprint density at radius 1 is 1.37 bits per heavy atom. The molecule has 0 aliphatic carbocycles. The van der Waals surface area contributed by atoms with Gasteiger partial charge < -0.3 is 10.5 Å². The summed E-state index contributed by atoms with van der Waals surface area (Å²) in [7, 11) is -3.43. The lowest BCUT2D eigenvalue weighted by molar-refractivity contribution is 0.0265. The molecule has 1 aliphatic heterocycles. The van der Waals surface area contributed by atoms with Crippen LogP contribution in [0, 0.1) is 0 Å². The Labute approximate surface area is 114 Å². The Morgan fingerprint density at radius 3 is 2.68 bits per heavy atom. The molecule has 1 atom stereocenters. The molecule has 1 aliphatic rings. The molecule has 0 amide bonds. The van der Waals surface area contributed by atoms with E-state index in [2.05, 4.69) is 0 Å². The number of benzene rings is 1. The van der Waals surface area contributed by atoms with Gasteiger partial charge >= 0.3 is 0 Å². The van der Waals surface area contributed by atoms with Gasteiger partial charge in [-0.05, 0) is 44.0 Å². The third-order valence-corrected chi connectivity index (χ3v) is 5.14. The predicted octanol–water partition coefficient (Wildman–Crippen LogP) is 1.46. The average molecular weight is 284 g/mol. The summed E-state index contributed by atoms with van der Waals surface area (Å²) >= 11 is 0. The molecule has 1 aromatic carbocycles. The second-order valence-electron chi connectivity index (χ2n) is 4.65. The molecule has 0 aromatic heterocycles. The minimum absolute atomic E-state index is 0.00214. The predicted molar refractivity (Wildman–Crippen MR) is 74.3 cm³/mol. The monoisotopic (exact) mass is 284 g/mol.